The van der Waals surface area contributed by atoms with Gasteiger partial charge in [-0.25, -0.2) is 21.9 Å². The zero-order chi connectivity index (χ0) is 21.2. The molecule has 0 heterocycles. The monoisotopic (exact) mass is 422 g/mol. The maximum Gasteiger partial charge on any atom is 0.258 e. The summed E-state index contributed by atoms with van der Waals surface area (Å²) in [4.78, 5) is 12.2. The molecule has 0 unspecified atom stereocenters. The minimum absolute atomic E-state index is 0.0582. The van der Waals surface area contributed by atoms with E-state index in [9.17, 15) is 22.0 Å². The van der Waals surface area contributed by atoms with Crippen molar-refractivity contribution in [3.63, 3.8) is 0 Å². The first-order chi connectivity index (χ1) is 13.7. The molecular weight excluding hydrogens is 398 g/mol. The van der Waals surface area contributed by atoms with Crippen LogP contribution in [0.5, 0.6) is 0 Å². The molecule has 3 rings (SSSR count). The van der Waals surface area contributed by atoms with E-state index >= 15 is 0 Å². The molecule has 1 aliphatic carbocycles. The smallest absolute Gasteiger partial charge is 0.258 e. The predicted octanol–water partition coefficient (Wildman–Crippen LogP) is 4.18. The third-order valence-corrected chi connectivity index (χ3v) is 7.10. The number of nitrogens with one attached hydrogen (secondary N) is 2. The van der Waals surface area contributed by atoms with Crippen molar-refractivity contribution in [3.8, 4) is 0 Å². The number of anilines is 1. The predicted molar refractivity (Wildman–Crippen MR) is 108 cm³/mol. The van der Waals surface area contributed by atoms with Gasteiger partial charge in [0.05, 0.1) is 10.8 Å². The maximum atomic E-state index is 13.8. The standard InChI is InChI=1S/C21H24F2N2O3S/c1-13(2)29(27,28)25-20-5-3-4-17(20)14-6-9-16(10-7-14)24-21(26)18-11-8-15(22)12-19(18)23/h6-13,17,20,25H,3-5H2,1-2H3,(H,24,26)/t17-,20-/m0/s1. The van der Waals surface area contributed by atoms with Crippen LogP contribution in [-0.2, 0) is 10.0 Å². The van der Waals surface area contributed by atoms with Crippen LogP contribution in [0.4, 0.5) is 14.5 Å². The van der Waals surface area contributed by atoms with Crippen LogP contribution < -0.4 is 10.0 Å². The number of carbonyl (C=O) groups excluding carboxylic acids is 1. The van der Waals surface area contributed by atoms with Crippen LogP contribution in [0.15, 0.2) is 42.5 Å². The quantitative estimate of drug-likeness (QED) is 0.733. The Morgan fingerprint density at radius 1 is 1.07 bits per heavy atom. The number of hydrogen-bond donors (Lipinski definition) is 2. The lowest BCUT2D eigenvalue weighted by Crippen LogP contribution is -2.40. The molecule has 0 radical (unpaired) electrons. The molecule has 2 N–H and O–H groups in total. The van der Waals surface area contributed by atoms with Crippen molar-refractivity contribution in [2.75, 3.05) is 5.32 Å². The summed E-state index contributed by atoms with van der Waals surface area (Å²) in [5.74, 6) is -2.28. The minimum atomic E-state index is -3.35. The van der Waals surface area contributed by atoms with E-state index in [2.05, 4.69) is 10.0 Å². The van der Waals surface area contributed by atoms with Gasteiger partial charge in [0.15, 0.2) is 0 Å². The van der Waals surface area contributed by atoms with Gasteiger partial charge in [0.2, 0.25) is 10.0 Å². The topological polar surface area (TPSA) is 75.3 Å². The van der Waals surface area contributed by atoms with E-state index < -0.39 is 32.8 Å². The summed E-state index contributed by atoms with van der Waals surface area (Å²) in [6, 6.07) is 9.69. The van der Waals surface area contributed by atoms with Gasteiger partial charge in [0.1, 0.15) is 11.6 Å². The van der Waals surface area contributed by atoms with Crippen molar-refractivity contribution in [1.29, 1.82) is 0 Å². The summed E-state index contributed by atoms with van der Waals surface area (Å²) < 4.78 is 54.0. The highest BCUT2D eigenvalue weighted by Gasteiger charge is 2.32. The van der Waals surface area contributed by atoms with Gasteiger partial charge < -0.3 is 5.32 Å². The lowest BCUT2D eigenvalue weighted by atomic mass is 9.94. The highest BCUT2D eigenvalue weighted by molar-refractivity contribution is 7.90. The summed E-state index contributed by atoms with van der Waals surface area (Å²) in [6.45, 7) is 3.29. The van der Waals surface area contributed by atoms with Crippen LogP contribution in [-0.4, -0.2) is 25.6 Å². The van der Waals surface area contributed by atoms with Crippen LogP contribution in [0.3, 0.4) is 0 Å². The Morgan fingerprint density at radius 2 is 1.76 bits per heavy atom. The molecule has 0 bridgehead atoms. The van der Waals surface area contributed by atoms with Gasteiger partial charge in [0.25, 0.3) is 5.91 Å². The Hall–Kier alpha value is -2.32. The fourth-order valence-corrected chi connectivity index (χ4v) is 4.51. The molecule has 156 valence electrons. The fourth-order valence-electron chi connectivity index (χ4n) is 3.53. The van der Waals surface area contributed by atoms with Crippen molar-refractivity contribution in [2.24, 2.45) is 0 Å². The maximum absolute atomic E-state index is 13.8. The lowest BCUT2D eigenvalue weighted by molar-refractivity contribution is 0.102. The second-order valence-electron chi connectivity index (χ2n) is 7.56. The Kier molecular flexibility index (Phi) is 6.33. The van der Waals surface area contributed by atoms with E-state index in [1.807, 2.05) is 12.1 Å². The molecule has 1 saturated carbocycles. The molecule has 5 nitrogen and oxygen atoms in total. The van der Waals surface area contributed by atoms with Gasteiger partial charge in [-0.05, 0) is 56.5 Å². The van der Waals surface area contributed by atoms with Gasteiger partial charge >= 0.3 is 0 Å². The Labute approximate surface area is 169 Å². The molecule has 1 fully saturated rings. The average molecular weight is 422 g/mol. The van der Waals surface area contributed by atoms with Crippen LogP contribution in [0, 0.1) is 11.6 Å². The number of amides is 1. The summed E-state index contributed by atoms with van der Waals surface area (Å²) in [6.07, 6.45) is 2.58. The Bertz CT molecular complexity index is 991. The largest absolute Gasteiger partial charge is 0.322 e. The van der Waals surface area contributed by atoms with Crippen molar-refractivity contribution >= 4 is 21.6 Å². The third kappa shape index (κ3) is 5.00. The Morgan fingerprint density at radius 3 is 2.38 bits per heavy atom. The highest BCUT2D eigenvalue weighted by atomic mass is 32.2. The summed E-state index contributed by atoms with van der Waals surface area (Å²) in [5.41, 5.74) is 1.21. The SMILES string of the molecule is CC(C)S(=O)(=O)N[C@H]1CCC[C@H]1c1ccc(NC(=O)c2ccc(F)cc2F)cc1. The van der Waals surface area contributed by atoms with Gasteiger partial charge in [-0.15, -0.1) is 0 Å². The van der Waals surface area contributed by atoms with Gasteiger partial charge in [-0.2, -0.15) is 0 Å². The number of rotatable bonds is 6. The van der Waals surface area contributed by atoms with E-state index in [1.54, 1.807) is 26.0 Å². The normalized spacial score (nSPS) is 19.5. The van der Waals surface area contributed by atoms with Crippen LogP contribution in [0.2, 0.25) is 0 Å². The zero-order valence-corrected chi connectivity index (χ0v) is 17.1. The minimum Gasteiger partial charge on any atom is -0.322 e. The van der Waals surface area contributed by atoms with Crippen molar-refractivity contribution in [2.45, 2.75) is 50.3 Å². The number of halogens is 2. The second kappa shape index (κ2) is 8.59. The molecule has 0 aliphatic heterocycles. The van der Waals surface area contributed by atoms with E-state index in [1.165, 1.54) is 0 Å². The first kappa shape index (κ1) is 21.4. The molecule has 0 saturated heterocycles. The molecular formula is C21H24F2N2O3S. The van der Waals surface area contributed by atoms with Crippen molar-refractivity contribution in [1.82, 2.24) is 4.72 Å². The van der Waals surface area contributed by atoms with Crippen molar-refractivity contribution < 1.29 is 22.0 Å². The summed E-state index contributed by atoms with van der Waals surface area (Å²) in [5, 5.41) is 2.10. The number of hydrogen-bond acceptors (Lipinski definition) is 3. The van der Waals surface area contributed by atoms with Gasteiger partial charge in [0, 0.05) is 23.7 Å². The molecule has 1 amide bonds. The fraction of sp³-hybridized carbons (Fsp3) is 0.381. The van der Waals surface area contributed by atoms with Crippen LogP contribution >= 0.6 is 0 Å². The van der Waals surface area contributed by atoms with E-state index in [0.717, 1.165) is 37.0 Å². The van der Waals surface area contributed by atoms with Crippen molar-refractivity contribution in [3.05, 3.63) is 65.2 Å². The molecule has 0 aromatic heterocycles. The first-order valence-corrected chi connectivity index (χ1v) is 11.1. The van der Waals surface area contributed by atoms with Crippen LogP contribution in [0.25, 0.3) is 0 Å². The average Bonchev–Trinajstić information content (AvgIpc) is 3.09. The molecule has 0 spiro atoms. The van der Waals surface area contributed by atoms with Gasteiger partial charge in [-0.1, -0.05) is 18.6 Å². The molecule has 2 aromatic rings. The highest BCUT2D eigenvalue weighted by Crippen LogP contribution is 2.35. The molecule has 8 heteroatoms. The van der Waals surface area contributed by atoms with E-state index in [0.29, 0.717) is 11.8 Å². The van der Waals surface area contributed by atoms with E-state index in [4.69, 9.17) is 0 Å². The number of carbonyl (C=O) groups is 1. The number of sulfonamides is 1. The number of benzene rings is 2. The van der Waals surface area contributed by atoms with E-state index in [-0.39, 0.29) is 17.5 Å². The third-order valence-electron chi connectivity index (χ3n) is 5.22. The zero-order valence-electron chi connectivity index (χ0n) is 16.3. The second-order valence-corrected chi connectivity index (χ2v) is 9.82. The van der Waals surface area contributed by atoms with Crippen LogP contribution in [0.1, 0.15) is 54.9 Å². The first-order valence-electron chi connectivity index (χ1n) is 9.55. The summed E-state index contributed by atoms with van der Waals surface area (Å²) in [7, 11) is -3.35. The van der Waals surface area contributed by atoms with Gasteiger partial charge in [-0.3, -0.25) is 4.79 Å². The molecule has 2 atom stereocenters. The summed E-state index contributed by atoms with van der Waals surface area (Å²) >= 11 is 0. The molecule has 1 aliphatic rings. The Balaban J connectivity index is 1.70. The molecule has 29 heavy (non-hydrogen) atoms. The lowest BCUT2D eigenvalue weighted by Gasteiger charge is -2.23. The molecule has 2 aromatic carbocycles.